The fraction of sp³-hybridized carbons (Fsp3) is 0. The van der Waals surface area contributed by atoms with E-state index in [1.807, 2.05) is 0 Å². The van der Waals surface area contributed by atoms with Crippen molar-refractivity contribution in [2.24, 2.45) is 0 Å². The van der Waals surface area contributed by atoms with Gasteiger partial charge < -0.3 is 5.73 Å². The molecule has 2 aromatic rings. The summed E-state index contributed by atoms with van der Waals surface area (Å²) in [5, 5.41) is 1.50. The molecule has 0 saturated heterocycles. The first kappa shape index (κ1) is 13.3. The van der Waals surface area contributed by atoms with Crippen LogP contribution in [0.2, 0.25) is 0 Å². The number of sulfonamides is 1. The van der Waals surface area contributed by atoms with Crippen molar-refractivity contribution in [3.05, 3.63) is 39.9 Å². The van der Waals surface area contributed by atoms with E-state index in [9.17, 15) is 12.8 Å². The number of anilines is 2. The van der Waals surface area contributed by atoms with Gasteiger partial charge in [0.1, 0.15) is 10.0 Å². The number of thiophene rings is 1. The second kappa shape index (κ2) is 4.87. The van der Waals surface area contributed by atoms with E-state index in [-0.39, 0.29) is 9.90 Å². The van der Waals surface area contributed by atoms with Crippen LogP contribution >= 0.6 is 27.3 Å². The van der Waals surface area contributed by atoms with Gasteiger partial charge in [0.2, 0.25) is 0 Å². The van der Waals surface area contributed by atoms with Crippen LogP contribution < -0.4 is 10.5 Å². The largest absolute Gasteiger partial charge is 0.398 e. The highest BCUT2D eigenvalue weighted by Crippen LogP contribution is 2.29. The Kier molecular flexibility index (Phi) is 3.60. The van der Waals surface area contributed by atoms with E-state index in [2.05, 4.69) is 20.7 Å². The zero-order chi connectivity index (χ0) is 13.3. The van der Waals surface area contributed by atoms with Crippen LogP contribution in [0.1, 0.15) is 0 Å². The lowest BCUT2D eigenvalue weighted by Crippen LogP contribution is -2.13. The molecular weight excluding hydrogens is 343 g/mol. The van der Waals surface area contributed by atoms with Gasteiger partial charge in [-0.3, -0.25) is 4.72 Å². The number of para-hydroxylation sites is 1. The maximum absolute atomic E-state index is 13.5. The van der Waals surface area contributed by atoms with Crippen molar-refractivity contribution in [1.29, 1.82) is 0 Å². The molecule has 18 heavy (non-hydrogen) atoms. The van der Waals surface area contributed by atoms with Gasteiger partial charge in [-0.15, -0.1) is 11.3 Å². The van der Waals surface area contributed by atoms with Gasteiger partial charge in [0.15, 0.2) is 0 Å². The first-order chi connectivity index (χ1) is 8.40. The summed E-state index contributed by atoms with van der Waals surface area (Å²) in [7, 11) is -3.82. The lowest BCUT2D eigenvalue weighted by atomic mass is 10.3. The van der Waals surface area contributed by atoms with Crippen LogP contribution in [0.5, 0.6) is 0 Å². The molecule has 0 bridgehead atoms. The maximum Gasteiger partial charge on any atom is 0.271 e. The van der Waals surface area contributed by atoms with E-state index >= 15 is 0 Å². The summed E-state index contributed by atoms with van der Waals surface area (Å²) < 4.78 is 40.0. The molecule has 1 aromatic heterocycles. The van der Waals surface area contributed by atoms with Gasteiger partial charge in [-0.2, -0.15) is 0 Å². The molecule has 0 spiro atoms. The molecule has 4 nitrogen and oxygen atoms in total. The van der Waals surface area contributed by atoms with Crippen LogP contribution in [0.4, 0.5) is 15.8 Å². The van der Waals surface area contributed by atoms with E-state index in [1.165, 1.54) is 23.6 Å². The molecule has 2 rings (SSSR count). The Balaban J connectivity index is 2.40. The highest BCUT2D eigenvalue weighted by Gasteiger charge is 2.19. The average molecular weight is 351 g/mol. The van der Waals surface area contributed by atoms with E-state index < -0.39 is 15.8 Å². The lowest BCUT2D eigenvalue weighted by molar-refractivity contribution is 0.600. The van der Waals surface area contributed by atoms with Gasteiger partial charge in [-0.25, -0.2) is 12.8 Å². The van der Waals surface area contributed by atoms with Crippen LogP contribution in [0.3, 0.4) is 0 Å². The standard InChI is InChI=1S/C10H8BrFN2O2S2/c11-7-2-1-3-8(12)10(7)14-18(15,16)9-4-6(13)5-17-9/h1-5,14H,13H2. The second-order valence-electron chi connectivity index (χ2n) is 3.40. The van der Waals surface area contributed by atoms with Crippen molar-refractivity contribution in [3.8, 4) is 0 Å². The van der Waals surface area contributed by atoms with Gasteiger partial charge in [-0.1, -0.05) is 6.07 Å². The normalized spacial score (nSPS) is 11.4. The maximum atomic E-state index is 13.5. The summed E-state index contributed by atoms with van der Waals surface area (Å²) in [6.07, 6.45) is 0. The Morgan fingerprint density at radius 3 is 2.67 bits per heavy atom. The SMILES string of the molecule is Nc1csc(S(=O)(=O)Nc2c(F)cccc2Br)c1. The van der Waals surface area contributed by atoms with Gasteiger partial charge >= 0.3 is 0 Å². The predicted octanol–water partition coefficient (Wildman–Crippen LogP) is 3.03. The average Bonchev–Trinajstić information content (AvgIpc) is 2.71. The number of nitrogens with one attached hydrogen (secondary N) is 1. The van der Waals surface area contributed by atoms with E-state index in [4.69, 9.17) is 5.73 Å². The molecule has 96 valence electrons. The topological polar surface area (TPSA) is 72.2 Å². The number of halogens is 2. The van der Waals surface area contributed by atoms with E-state index in [1.54, 1.807) is 6.07 Å². The molecule has 3 N–H and O–H groups in total. The monoisotopic (exact) mass is 350 g/mol. The number of nitrogens with two attached hydrogens (primary N) is 1. The summed E-state index contributed by atoms with van der Waals surface area (Å²) >= 11 is 4.06. The second-order valence-corrected chi connectivity index (χ2v) is 7.08. The van der Waals surface area contributed by atoms with E-state index in [0.717, 1.165) is 11.3 Å². The predicted molar refractivity (Wildman–Crippen MR) is 73.6 cm³/mol. The summed E-state index contributed by atoms with van der Waals surface area (Å²) in [6, 6.07) is 5.51. The van der Waals surface area contributed by atoms with Crippen molar-refractivity contribution >= 4 is 48.7 Å². The number of nitrogen functional groups attached to an aromatic ring is 1. The first-order valence-electron chi connectivity index (χ1n) is 4.71. The van der Waals surface area contributed by atoms with Crippen molar-refractivity contribution in [2.45, 2.75) is 4.21 Å². The number of hydrogen-bond acceptors (Lipinski definition) is 4. The fourth-order valence-electron chi connectivity index (χ4n) is 1.25. The minimum Gasteiger partial charge on any atom is -0.398 e. The highest BCUT2D eigenvalue weighted by atomic mass is 79.9. The summed E-state index contributed by atoms with van der Waals surface area (Å²) in [5.41, 5.74) is 5.70. The van der Waals surface area contributed by atoms with Crippen molar-refractivity contribution in [2.75, 3.05) is 10.5 Å². The molecule has 0 atom stereocenters. The van der Waals surface area contributed by atoms with E-state index in [0.29, 0.717) is 10.2 Å². The van der Waals surface area contributed by atoms with Crippen LogP contribution in [0.25, 0.3) is 0 Å². The molecule has 0 unspecified atom stereocenters. The van der Waals surface area contributed by atoms with Crippen LogP contribution in [0.15, 0.2) is 38.3 Å². The molecule has 0 aliphatic heterocycles. The zero-order valence-electron chi connectivity index (χ0n) is 8.85. The zero-order valence-corrected chi connectivity index (χ0v) is 12.1. The van der Waals surface area contributed by atoms with Crippen molar-refractivity contribution in [3.63, 3.8) is 0 Å². The summed E-state index contributed by atoms with van der Waals surface area (Å²) in [4.78, 5) is 0. The highest BCUT2D eigenvalue weighted by molar-refractivity contribution is 9.10. The van der Waals surface area contributed by atoms with Gasteiger partial charge in [0.25, 0.3) is 10.0 Å². The molecule has 0 saturated carbocycles. The van der Waals surface area contributed by atoms with Crippen LogP contribution in [-0.4, -0.2) is 8.42 Å². The van der Waals surface area contributed by atoms with Gasteiger partial charge in [0.05, 0.1) is 5.69 Å². The minimum atomic E-state index is -3.82. The van der Waals surface area contributed by atoms with Crippen LogP contribution in [-0.2, 0) is 10.0 Å². The molecule has 1 heterocycles. The van der Waals surface area contributed by atoms with Crippen molar-refractivity contribution in [1.82, 2.24) is 0 Å². The Morgan fingerprint density at radius 2 is 2.11 bits per heavy atom. The smallest absolute Gasteiger partial charge is 0.271 e. The van der Waals surface area contributed by atoms with Crippen molar-refractivity contribution < 1.29 is 12.8 Å². The first-order valence-corrected chi connectivity index (χ1v) is 7.86. The third-order valence-electron chi connectivity index (χ3n) is 2.06. The summed E-state index contributed by atoms with van der Waals surface area (Å²) in [5.74, 6) is -0.655. The molecule has 0 aliphatic carbocycles. The molecule has 1 aromatic carbocycles. The Morgan fingerprint density at radius 1 is 1.39 bits per heavy atom. The third kappa shape index (κ3) is 2.65. The quantitative estimate of drug-likeness (QED) is 0.893. The molecule has 0 fully saturated rings. The minimum absolute atomic E-state index is 0.0372. The van der Waals surface area contributed by atoms with Gasteiger partial charge in [0, 0.05) is 15.5 Å². The molecule has 0 aliphatic rings. The molecule has 0 radical (unpaired) electrons. The molecule has 0 amide bonds. The number of rotatable bonds is 3. The molecule has 8 heteroatoms. The van der Waals surface area contributed by atoms with Crippen LogP contribution in [0, 0.1) is 5.82 Å². The van der Waals surface area contributed by atoms with Gasteiger partial charge in [-0.05, 0) is 34.1 Å². The number of hydrogen-bond donors (Lipinski definition) is 2. The molecular formula is C10H8BrFN2O2S2. The fourth-order valence-corrected chi connectivity index (χ4v) is 3.99. The number of benzene rings is 1. The Bertz CT molecular complexity index is 665. The Labute approximate surface area is 116 Å². The Hall–Kier alpha value is -1.12. The lowest BCUT2D eigenvalue weighted by Gasteiger charge is -2.08. The third-order valence-corrected chi connectivity index (χ3v) is 5.53. The summed E-state index contributed by atoms with van der Waals surface area (Å²) in [6.45, 7) is 0.